The molecule has 27 heavy (non-hydrogen) atoms. The second kappa shape index (κ2) is 8.77. The minimum atomic E-state index is -0.372. The molecule has 0 aliphatic heterocycles. The minimum Gasteiger partial charge on any atom is -0.355 e. The van der Waals surface area contributed by atoms with Gasteiger partial charge in [-0.05, 0) is 36.2 Å². The average Bonchev–Trinajstić information content (AvgIpc) is 3.02. The molecule has 0 atom stereocenters. The Kier molecular flexibility index (Phi) is 6.18. The van der Waals surface area contributed by atoms with Gasteiger partial charge in [0.25, 0.3) is 0 Å². The highest BCUT2D eigenvalue weighted by atomic mass is 32.2. The molecular formula is C19H18F2N4OS. The molecule has 5 nitrogen and oxygen atoms in total. The van der Waals surface area contributed by atoms with Crippen LogP contribution < -0.4 is 5.32 Å². The standard InChI is InChI=1S/C19H18F2N4OS/c1-25-18(15-4-2-3-5-16(15)21)23-24-19(25)27-12-17(26)22-11-10-13-6-8-14(20)9-7-13/h2-9H,10-12H2,1H3,(H,22,26). The van der Waals surface area contributed by atoms with Gasteiger partial charge in [-0.2, -0.15) is 0 Å². The molecule has 0 fully saturated rings. The van der Waals surface area contributed by atoms with E-state index in [0.717, 1.165) is 5.56 Å². The Morgan fingerprint density at radius 1 is 1.11 bits per heavy atom. The zero-order chi connectivity index (χ0) is 19.2. The first-order valence-corrected chi connectivity index (χ1v) is 9.31. The first-order chi connectivity index (χ1) is 13.0. The number of nitrogens with zero attached hydrogens (tertiary/aromatic N) is 3. The molecule has 0 saturated carbocycles. The molecule has 0 saturated heterocycles. The molecule has 2 aromatic carbocycles. The predicted molar refractivity (Wildman–Crippen MR) is 100 cm³/mol. The van der Waals surface area contributed by atoms with E-state index in [9.17, 15) is 13.6 Å². The fourth-order valence-corrected chi connectivity index (χ4v) is 3.24. The maximum absolute atomic E-state index is 13.9. The van der Waals surface area contributed by atoms with Crippen molar-refractivity contribution in [2.24, 2.45) is 7.05 Å². The molecule has 1 amide bonds. The van der Waals surface area contributed by atoms with Gasteiger partial charge in [0, 0.05) is 13.6 Å². The number of thioether (sulfide) groups is 1. The van der Waals surface area contributed by atoms with Crippen LogP contribution in [0.1, 0.15) is 5.56 Å². The fraction of sp³-hybridized carbons (Fsp3) is 0.211. The lowest BCUT2D eigenvalue weighted by Gasteiger charge is -2.06. The monoisotopic (exact) mass is 388 g/mol. The van der Waals surface area contributed by atoms with E-state index >= 15 is 0 Å². The molecule has 8 heteroatoms. The SMILES string of the molecule is Cn1c(SCC(=O)NCCc2ccc(F)cc2)nnc1-c1ccccc1F. The Hall–Kier alpha value is -2.74. The highest BCUT2D eigenvalue weighted by Gasteiger charge is 2.15. The van der Waals surface area contributed by atoms with E-state index < -0.39 is 0 Å². The number of carbonyl (C=O) groups is 1. The van der Waals surface area contributed by atoms with Gasteiger partial charge in [-0.3, -0.25) is 4.79 Å². The Balaban J connectivity index is 1.50. The molecule has 0 aliphatic rings. The number of nitrogens with one attached hydrogen (secondary N) is 1. The molecule has 0 bridgehead atoms. The summed E-state index contributed by atoms with van der Waals surface area (Å²) in [5.41, 5.74) is 1.32. The molecule has 0 aliphatic carbocycles. The third-order valence-corrected chi connectivity index (χ3v) is 4.95. The summed E-state index contributed by atoms with van der Waals surface area (Å²) in [6.07, 6.45) is 0.623. The Bertz CT molecular complexity index is 928. The lowest BCUT2D eigenvalue weighted by molar-refractivity contribution is -0.118. The fourth-order valence-electron chi connectivity index (χ4n) is 2.50. The van der Waals surface area contributed by atoms with Crippen molar-refractivity contribution in [1.29, 1.82) is 0 Å². The third-order valence-electron chi connectivity index (χ3n) is 3.93. The number of aromatic nitrogens is 3. The highest BCUT2D eigenvalue weighted by molar-refractivity contribution is 7.99. The van der Waals surface area contributed by atoms with Crippen molar-refractivity contribution in [1.82, 2.24) is 20.1 Å². The van der Waals surface area contributed by atoms with Gasteiger partial charge in [-0.1, -0.05) is 36.0 Å². The molecule has 0 spiro atoms. The molecular weight excluding hydrogens is 370 g/mol. The molecule has 0 radical (unpaired) electrons. The average molecular weight is 388 g/mol. The predicted octanol–water partition coefficient (Wildman–Crippen LogP) is 3.21. The van der Waals surface area contributed by atoms with Crippen LogP contribution in [-0.2, 0) is 18.3 Å². The number of hydrogen-bond acceptors (Lipinski definition) is 4. The second-order valence-corrected chi connectivity index (χ2v) is 6.80. The summed E-state index contributed by atoms with van der Waals surface area (Å²) in [6.45, 7) is 0.463. The van der Waals surface area contributed by atoms with Crippen molar-refractivity contribution in [2.75, 3.05) is 12.3 Å². The summed E-state index contributed by atoms with van der Waals surface area (Å²) in [7, 11) is 1.73. The Morgan fingerprint density at radius 3 is 2.59 bits per heavy atom. The third kappa shape index (κ3) is 4.91. The molecule has 1 N–H and O–H groups in total. The number of hydrogen-bond donors (Lipinski definition) is 1. The van der Waals surface area contributed by atoms with Crippen molar-refractivity contribution >= 4 is 17.7 Å². The summed E-state index contributed by atoms with van der Waals surface area (Å²) in [5.74, 6) is -0.210. The summed E-state index contributed by atoms with van der Waals surface area (Å²) in [6, 6.07) is 12.5. The van der Waals surface area contributed by atoms with Gasteiger partial charge in [0.15, 0.2) is 11.0 Å². The summed E-state index contributed by atoms with van der Waals surface area (Å²) in [5, 5.41) is 11.4. The van der Waals surface area contributed by atoms with Crippen LogP contribution in [0.15, 0.2) is 53.7 Å². The van der Waals surface area contributed by atoms with Crippen LogP contribution in [0.3, 0.4) is 0 Å². The highest BCUT2D eigenvalue weighted by Crippen LogP contribution is 2.24. The first-order valence-electron chi connectivity index (χ1n) is 8.33. The normalized spacial score (nSPS) is 10.8. The molecule has 0 unspecified atom stereocenters. The Morgan fingerprint density at radius 2 is 1.85 bits per heavy atom. The van der Waals surface area contributed by atoms with Crippen LogP contribution >= 0.6 is 11.8 Å². The van der Waals surface area contributed by atoms with E-state index in [1.807, 2.05) is 0 Å². The van der Waals surface area contributed by atoms with Crippen LogP contribution in [0.4, 0.5) is 8.78 Å². The van der Waals surface area contributed by atoms with E-state index in [2.05, 4.69) is 15.5 Å². The minimum absolute atomic E-state index is 0.141. The van der Waals surface area contributed by atoms with Crippen LogP contribution in [0.2, 0.25) is 0 Å². The van der Waals surface area contributed by atoms with Gasteiger partial charge in [0.2, 0.25) is 5.91 Å². The molecule has 140 valence electrons. The zero-order valence-corrected chi connectivity index (χ0v) is 15.5. The van der Waals surface area contributed by atoms with Gasteiger partial charge < -0.3 is 9.88 Å². The summed E-state index contributed by atoms with van der Waals surface area (Å²) < 4.78 is 28.4. The van der Waals surface area contributed by atoms with Crippen LogP contribution in [0.25, 0.3) is 11.4 Å². The van der Waals surface area contributed by atoms with Gasteiger partial charge in [0.1, 0.15) is 11.6 Å². The van der Waals surface area contributed by atoms with Gasteiger partial charge in [-0.25, -0.2) is 8.78 Å². The van der Waals surface area contributed by atoms with E-state index in [0.29, 0.717) is 29.5 Å². The van der Waals surface area contributed by atoms with E-state index in [4.69, 9.17) is 0 Å². The zero-order valence-electron chi connectivity index (χ0n) is 14.7. The number of carbonyl (C=O) groups excluding carboxylic acids is 1. The van der Waals surface area contributed by atoms with Crippen molar-refractivity contribution < 1.29 is 13.6 Å². The van der Waals surface area contributed by atoms with Crippen LogP contribution in [-0.4, -0.2) is 33.0 Å². The smallest absolute Gasteiger partial charge is 0.230 e. The molecule has 1 heterocycles. The summed E-state index contributed by atoms with van der Waals surface area (Å²) >= 11 is 1.23. The van der Waals surface area contributed by atoms with Crippen LogP contribution in [0, 0.1) is 11.6 Å². The van der Waals surface area contributed by atoms with Gasteiger partial charge in [-0.15, -0.1) is 10.2 Å². The Labute approximate surface area is 159 Å². The van der Waals surface area contributed by atoms with Crippen molar-refractivity contribution in [2.45, 2.75) is 11.6 Å². The largest absolute Gasteiger partial charge is 0.355 e. The lowest BCUT2D eigenvalue weighted by atomic mass is 10.1. The van der Waals surface area contributed by atoms with E-state index in [-0.39, 0.29) is 23.3 Å². The van der Waals surface area contributed by atoms with Crippen molar-refractivity contribution in [3.05, 3.63) is 65.7 Å². The quantitative estimate of drug-likeness (QED) is 0.632. The summed E-state index contributed by atoms with van der Waals surface area (Å²) in [4.78, 5) is 12.0. The number of amides is 1. The van der Waals surface area contributed by atoms with Crippen LogP contribution in [0.5, 0.6) is 0 Å². The van der Waals surface area contributed by atoms with Crippen molar-refractivity contribution in [3.63, 3.8) is 0 Å². The van der Waals surface area contributed by atoms with Gasteiger partial charge in [0.05, 0.1) is 11.3 Å². The first kappa shape index (κ1) is 19.0. The molecule has 3 rings (SSSR count). The number of halogens is 2. The lowest BCUT2D eigenvalue weighted by Crippen LogP contribution is -2.27. The van der Waals surface area contributed by atoms with Crippen molar-refractivity contribution in [3.8, 4) is 11.4 Å². The molecule has 1 aromatic heterocycles. The maximum atomic E-state index is 13.9. The number of rotatable bonds is 7. The number of benzene rings is 2. The van der Waals surface area contributed by atoms with E-state index in [1.54, 1.807) is 41.9 Å². The maximum Gasteiger partial charge on any atom is 0.230 e. The molecule has 3 aromatic rings. The topological polar surface area (TPSA) is 59.8 Å². The van der Waals surface area contributed by atoms with Gasteiger partial charge >= 0.3 is 0 Å². The van der Waals surface area contributed by atoms with E-state index in [1.165, 1.54) is 30.0 Å². The second-order valence-electron chi connectivity index (χ2n) is 5.86.